The molecule has 0 spiro atoms. The summed E-state index contributed by atoms with van der Waals surface area (Å²) in [7, 11) is 0. The molecule has 0 radical (unpaired) electrons. The first-order chi connectivity index (χ1) is 22.9. The maximum Gasteiger partial charge on any atom is 0.303 e. The number of hydrogen-bond acceptors (Lipinski definition) is 13. The summed E-state index contributed by atoms with van der Waals surface area (Å²) in [6.07, 6.45) is -7.53. The summed E-state index contributed by atoms with van der Waals surface area (Å²) < 4.78 is 17.1. The summed E-state index contributed by atoms with van der Waals surface area (Å²) in [6, 6.07) is 0. The van der Waals surface area contributed by atoms with Crippen molar-refractivity contribution in [3.8, 4) is 0 Å². The highest BCUT2D eigenvalue weighted by molar-refractivity contribution is 5.88. The highest BCUT2D eigenvalue weighted by atomic mass is 16.7. The van der Waals surface area contributed by atoms with Crippen molar-refractivity contribution in [2.45, 2.75) is 154 Å². The zero-order valence-electron chi connectivity index (χ0n) is 30.5. The molecule has 1 heterocycles. The van der Waals surface area contributed by atoms with Crippen LogP contribution in [0.2, 0.25) is 0 Å². The third-order valence-corrected chi connectivity index (χ3v) is 13.7. The molecule has 4 fully saturated rings. The lowest BCUT2D eigenvalue weighted by atomic mass is 9.41. The Morgan fingerprint density at radius 2 is 1.64 bits per heavy atom. The van der Waals surface area contributed by atoms with Gasteiger partial charge in [0.25, 0.3) is 0 Å². The lowest BCUT2D eigenvalue weighted by Crippen LogP contribution is -2.64. The molecule has 0 amide bonds. The van der Waals surface area contributed by atoms with E-state index in [0.717, 1.165) is 5.57 Å². The Bertz CT molecular complexity index is 1370. The van der Waals surface area contributed by atoms with Gasteiger partial charge in [-0.05, 0) is 69.1 Å². The Balaban J connectivity index is 1.43. The Labute approximate surface area is 294 Å². The second-order valence-electron chi connectivity index (χ2n) is 17.6. The monoisotopic (exact) mass is 710 g/mol. The number of hydrogen-bond donors (Lipinski definition) is 7. The molecule has 13 heteroatoms. The highest BCUT2D eigenvalue weighted by Crippen LogP contribution is 2.71. The molecule has 5 rings (SSSR count). The van der Waals surface area contributed by atoms with Crippen molar-refractivity contribution < 1.29 is 64.3 Å². The number of allylic oxidation sites excluding steroid dienone is 1. The maximum atomic E-state index is 14.5. The van der Waals surface area contributed by atoms with Gasteiger partial charge in [-0.2, -0.15) is 0 Å². The zero-order chi connectivity index (χ0) is 37.5. The van der Waals surface area contributed by atoms with Gasteiger partial charge in [-0.25, -0.2) is 0 Å². The molecule has 0 aromatic rings. The van der Waals surface area contributed by atoms with E-state index in [-0.39, 0.29) is 37.9 Å². The topological polar surface area (TPSA) is 221 Å². The second-order valence-corrected chi connectivity index (χ2v) is 17.6. The molecule has 13 nitrogen and oxygen atoms in total. The number of rotatable bonds is 9. The first kappa shape index (κ1) is 39.4. The average Bonchev–Trinajstić information content (AvgIpc) is 3.28. The molecule has 0 unspecified atom stereocenters. The fourth-order valence-corrected chi connectivity index (χ4v) is 10.7. The molecule has 0 aromatic heterocycles. The summed E-state index contributed by atoms with van der Waals surface area (Å²) in [5.74, 6) is -3.40. The molecule has 1 aliphatic heterocycles. The van der Waals surface area contributed by atoms with Gasteiger partial charge in [-0.15, -0.1) is 0 Å². The van der Waals surface area contributed by atoms with Crippen LogP contribution in [0.25, 0.3) is 0 Å². The van der Waals surface area contributed by atoms with E-state index in [4.69, 9.17) is 14.2 Å². The first-order valence-electron chi connectivity index (χ1n) is 17.9. The van der Waals surface area contributed by atoms with E-state index >= 15 is 0 Å². The van der Waals surface area contributed by atoms with Gasteiger partial charge >= 0.3 is 5.97 Å². The van der Waals surface area contributed by atoms with Crippen LogP contribution in [0.4, 0.5) is 0 Å². The van der Waals surface area contributed by atoms with Crippen LogP contribution >= 0.6 is 0 Å². The van der Waals surface area contributed by atoms with Gasteiger partial charge in [0.15, 0.2) is 12.1 Å². The van der Waals surface area contributed by atoms with E-state index in [1.54, 1.807) is 13.8 Å². The standard InChI is InChI=1S/C37H58O13/c1-17(39)50-33(2,3)11-10-25(42)37(8,47)27-20-14-21(40)26-18-13-23(48-32-30(45)29(44)28(43)24(16-38)49-32)31(46)34(4,5)19(18)9-12-35(26,6)36(20,7)15-22(27)41/h9,18,20,22-24,26-32,38,41,43-47H,10-16H2,1-8H3/t18-,20-,22-,23+,24-,26+,27-,28-,29+,30-,31-,32-,35-,36-,37+/m1/s1. The Morgan fingerprint density at radius 3 is 2.24 bits per heavy atom. The number of ether oxygens (including phenoxy) is 3. The van der Waals surface area contributed by atoms with Crippen LogP contribution in [-0.4, -0.2) is 120 Å². The van der Waals surface area contributed by atoms with Crippen LogP contribution in [-0.2, 0) is 28.6 Å². The van der Waals surface area contributed by atoms with Crippen molar-refractivity contribution >= 4 is 17.5 Å². The quantitative estimate of drug-likeness (QED) is 0.131. The summed E-state index contributed by atoms with van der Waals surface area (Å²) in [5.41, 5.74) is -4.22. The molecule has 4 aliphatic carbocycles. The SMILES string of the molecule is CC(=O)OC(C)(C)CCC(=O)[C@](C)(O)[C@H]1[C@H](O)C[C@]2(C)[C@@H]1CC(=O)[C@@H]1[C@@H]3C[C@H](O[C@@H]4O[C@H](CO)[C@@H](O)[C@H](O)[C@H]4O)[C@@H](O)C(C)(C)C3=CC[C@]12C. The normalized spacial score (nSPS) is 45.4. The van der Waals surface area contributed by atoms with Crippen molar-refractivity contribution in [1.29, 1.82) is 0 Å². The van der Waals surface area contributed by atoms with Crippen LogP contribution in [0.15, 0.2) is 11.6 Å². The summed E-state index contributed by atoms with van der Waals surface area (Å²) >= 11 is 0. The van der Waals surface area contributed by atoms with Crippen LogP contribution in [0.3, 0.4) is 0 Å². The molecule has 284 valence electrons. The van der Waals surface area contributed by atoms with Crippen molar-refractivity contribution in [1.82, 2.24) is 0 Å². The molecule has 3 saturated carbocycles. The smallest absolute Gasteiger partial charge is 0.303 e. The van der Waals surface area contributed by atoms with Crippen molar-refractivity contribution in [2.75, 3.05) is 6.61 Å². The van der Waals surface area contributed by atoms with Gasteiger partial charge in [0.05, 0.1) is 24.9 Å². The first-order valence-corrected chi connectivity index (χ1v) is 17.9. The number of carbonyl (C=O) groups excluding carboxylic acids is 3. The van der Waals surface area contributed by atoms with Crippen molar-refractivity contribution in [2.24, 2.45) is 39.9 Å². The minimum Gasteiger partial charge on any atom is -0.460 e. The Morgan fingerprint density at radius 1 is 1.00 bits per heavy atom. The number of carbonyl (C=O) groups is 3. The molecule has 5 aliphatic rings. The van der Waals surface area contributed by atoms with Crippen LogP contribution in [0.5, 0.6) is 0 Å². The minimum atomic E-state index is -1.95. The van der Waals surface area contributed by atoms with Gasteiger partial charge < -0.3 is 50.0 Å². The molecule has 0 bridgehead atoms. The third-order valence-electron chi connectivity index (χ3n) is 13.7. The number of aliphatic hydroxyl groups excluding tert-OH is 6. The zero-order valence-corrected chi connectivity index (χ0v) is 30.5. The predicted octanol–water partition coefficient (Wildman–Crippen LogP) is 0.949. The van der Waals surface area contributed by atoms with E-state index < -0.39 is 118 Å². The predicted molar refractivity (Wildman–Crippen MR) is 177 cm³/mol. The average molecular weight is 711 g/mol. The Kier molecular flexibility index (Phi) is 10.4. The van der Waals surface area contributed by atoms with E-state index in [9.17, 15) is 50.1 Å². The number of ketones is 2. The molecule has 50 heavy (non-hydrogen) atoms. The van der Waals surface area contributed by atoms with E-state index in [0.29, 0.717) is 6.42 Å². The third kappa shape index (κ3) is 6.22. The number of aliphatic hydroxyl groups is 7. The fourth-order valence-electron chi connectivity index (χ4n) is 10.7. The molecule has 7 N–H and O–H groups in total. The summed E-state index contributed by atoms with van der Waals surface area (Å²) in [5, 5.41) is 76.1. The molecular weight excluding hydrogens is 652 g/mol. The largest absolute Gasteiger partial charge is 0.460 e. The summed E-state index contributed by atoms with van der Waals surface area (Å²) in [4.78, 5) is 39.7. The van der Waals surface area contributed by atoms with Crippen molar-refractivity contribution in [3.63, 3.8) is 0 Å². The van der Waals surface area contributed by atoms with Gasteiger partial charge in [0, 0.05) is 37.0 Å². The molecule has 15 atom stereocenters. The Hall–Kier alpha value is -1.81. The van der Waals surface area contributed by atoms with E-state index in [2.05, 4.69) is 6.08 Å². The highest BCUT2D eigenvalue weighted by Gasteiger charge is 2.71. The molecule has 0 aromatic carbocycles. The van der Waals surface area contributed by atoms with Gasteiger partial charge in [0.2, 0.25) is 0 Å². The number of Topliss-reactive ketones (excluding diaryl/α,β-unsaturated/α-hetero) is 2. The number of esters is 1. The minimum absolute atomic E-state index is 0.0336. The van der Waals surface area contributed by atoms with E-state index in [1.807, 2.05) is 27.7 Å². The molecular formula is C37H58O13. The van der Waals surface area contributed by atoms with Crippen LogP contribution in [0, 0.1) is 39.9 Å². The van der Waals surface area contributed by atoms with Gasteiger partial charge in [-0.1, -0.05) is 39.3 Å². The lowest BCUT2D eigenvalue weighted by molar-refractivity contribution is -0.323. The fraction of sp³-hybridized carbons (Fsp3) is 0.865. The molecule has 1 saturated heterocycles. The van der Waals surface area contributed by atoms with Crippen molar-refractivity contribution in [3.05, 3.63) is 11.6 Å². The lowest BCUT2D eigenvalue weighted by Gasteiger charge is -2.63. The number of fused-ring (bicyclic) bond motifs is 5. The van der Waals surface area contributed by atoms with E-state index in [1.165, 1.54) is 13.8 Å². The van der Waals surface area contributed by atoms with Crippen LogP contribution in [0.1, 0.15) is 93.9 Å². The van der Waals surface area contributed by atoms with Crippen LogP contribution < -0.4 is 0 Å². The van der Waals surface area contributed by atoms with Gasteiger partial charge in [0.1, 0.15) is 41.4 Å². The maximum absolute atomic E-state index is 14.5. The van der Waals surface area contributed by atoms with Gasteiger partial charge in [-0.3, -0.25) is 14.4 Å². The summed E-state index contributed by atoms with van der Waals surface area (Å²) in [6.45, 7) is 13.2. The second kappa shape index (κ2) is 13.2.